The highest BCUT2D eigenvalue weighted by Gasteiger charge is 2.32. The Hall–Kier alpha value is -5.74. The molecule has 0 aromatic carbocycles. The summed E-state index contributed by atoms with van der Waals surface area (Å²) in [5.41, 5.74) is 0. The largest absolute Gasteiger partial charge is 0.390 e. The summed E-state index contributed by atoms with van der Waals surface area (Å²) in [5.74, 6) is -6.09. The normalized spacial score (nSPS) is 12.5. The molecule has 35 nitrogen and oxygen atoms in total. The highest BCUT2D eigenvalue weighted by atomic mass is 16.6. The number of hydrogen-bond donors (Lipinski definition) is 8. The number of carbonyl (C=O) groups excluding carboxylic acids is 10. The van der Waals surface area contributed by atoms with E-state index in [1.165, 1.54) is 13.8 Å². The van der Waals surface area contributed by atoms with Crippen molar-refractivity contribution in [3.05, 3.63) is 0 Å². The van der Waals surface area contributed by atoms with Crippen LogP contribution in [0.3, 0.4) is 0 Å². The van der Waals surface area contributed by atoms with Crippen LogP contribution < -0.4 is 42.5 Å². The first-order chi connectivity index (χ1) is 51.8. The van der Waals surface area contributed by atoms with Crippen LogP contribution in [0.1, 0.15) is 132 Å². The van der Waals surface area contributed by atoms with Gasteiger partial charge in [0.1, 0.15) is 24.2 Å². The second kappa shape index (κ2) is 74.4. The average Bonchev–Trinajstić information content (AvgIpc) is 0.877. The standard InChI is InChI=1S/C72H134N8O27/c1-9-11-21-73-63(83)19-25-91-29-33-95-37-41-99-45-49-103-53-55-105-51-47-101-43-39-97-35-31-93-27-23-75-61(81)15-13-17-65(85)79-67(57(3)4)69(87)77-59(7)71(89)107-72(90)60(8)78-70(88)68(58(5)6)80-66(86)18-14-16-62(82)76-24-28-94-32-36-98-40-44-102-48-52-106-56-54-104-50-46-100-42-38-96-34-30-92-26-20-64(84)74-22-12-10-2/h57-60,67-68H,9-56H2,1-8H3,(H,73,83)(H,74,84)(H,75,81)(H,76,82)(H,77,87)(H,78,88)(H,79,85)(H,80,86). The highest BCUT2D eigenvalue weighted by Crippen LogP contribution is 2.08. The molecule has 0 aliphatic rings. The summed E-state index contributed by atoms with van der Waals surface area (Å²) in [6, 6.07) is -4.82. The molecule has 35 heteroatoms. The van der Waals surface area contributed by atoms with Gasteiger partial charge in [-0.15, -0.1) is 0 Å². The van der Waals surface area contributed by atoms with Crippen LogP contribution in [0.25, 0.3) is 0 Å². The van der Waals surface area contributed by atoms with E-state index < -0.39 is 71.6 Å². The molecule has 8 N–H and O–H groups in total. The quantitative estimate of drug-likeness (QED) is 0.0237. The molecule has 0 aliphatic heterocycles. The van der Waals surface area contributed by atoms with E-state index in [9.17, 15) is 47.9 Å². The van der Waals surface area contributed by atoms with Gasteiger partial charge in [-0.1, -0.05) is 54.4 Å². The molecule has 624 valence electrons. The molecule has 4 unspecified atom stereocenters. The SMILES string of the molecule is CCCCNC(=O)CCOCCOCCOCCOCCOCCOCCOCCOCCNC(=O)CCCC(=O)NC(C(=O)NC(C)C(=O)OC(=O)C(C)NC(=O)C(NC(=O)CCCC(=O)NCCOCCOCCOCCOCCOCCOCCOCCOCCC(=O)NCCCC)C(C)C)C(C)C. The van der Waals surface area contributed by atoms with Crippen LogP contribution in [-0.2, 0) is 128 Å². The van der Waals surface area contributed by atoms with Crippen molar-refractivity contribution in [2.45, 2.75) is 157 Å². The molecule has 0 aliphatic carbocycles. The van der Waals surface area contributed by atoms with Crippen molar-refractivity contribution in [1.29, 1.82) is 0 Å². The summed E-state index contributed by atoms with van der Waals surface area (Å²) in [6.45, 7) is 28.0. The van der Waals surface area contributed by atoms with Gasteiger partial charge in [-0.05, 0) is 51.4 Å². The molecule has 8 amide bonds. The molecule has 0 spiro atoms. The lowest BCUT2D eigenvalue weighted by Crippen LogP contribution is -2.54. The van der Waals surface area contributed by atoms with Gasteiger partial charge in [0.05, 0.1) is 211 Å². The smallest absolute Gasteiger partial charge is 0.336 e. The zero-order valence-electron chi connectivity index (χ0n) is 65.4. The van der Waals surface area contributed by atoms with E-state index in [2.05, 4.69) is 56.4 Å². The minimum Gasteiger partial charge on any atom is -0.390 e. The molecule has 107 heavy (non-hydrogen) atoms. The van der Waals surface area contributed by atoms with Crippen LogP contribution in [0.4, 0.5) is 0 Å². The Bertz CT molecular complexity index is 2120. The Morgan fingerprint density at radius 1 is 0.234 bits per heavy atom. The second-order valence-corrected chi connectivity index (χ2v) is 24.9. The summed E-state index contributed by atoms with van der Waals surface area (Å²) in [4.78, 5) is 126. The van der Waals surface area contributed by atoms with E-state index in [0.717, 1.165) is 25.7 Å². The molecule has 4 atom stereocenters. The lowest BCUT2D eigenvalue weighted by Gasteiger charge is -2.24. The third kappa shape index (κ3) is 66.9. The van der Waals surface area contributed by atoms with Gasteiger partial charge in [0.2, 0.25) is 47.3 Å². The average molecular weight is 1540 g/mol. The summed E-state index contributed by atoms with van der Waals surface area (Å²) in [6.07, 6.45) is 5.07. The Kier molecular flexibility index (Phi) is 70.4. The zero-order chi connectivity index (χ0) is 78.9. The summed E-state index contributed by atoms with van der Waals surface area (Å²) < 4.78 is 92.6. The van der Waals surface area contributed by atoms with Crippen LogP contribution in [0.2, 0.25) is 0 Å². The molecule has 0 bridgehead atoms. The Morgan fingerprint density at radius 2 is 0.439 bits per heavy atom. The number of unbranched alkanes of at least 4 members (excludes halogenated alkanes) is 2. The minimum atomic E-state index is -1.34. The van der Waals surface area contributed by atoms with Gasteiger partial charge in [0.25, 0.3) is 0 Å². The van der Waals surface area contributed by atoms with Crippen LogP contribution in [0.15, 0.2) is 0 Å². The van der Waals surface area contributed by atoms with Gasteiger partial charge in [-0.25, -0.2) is 9.59 Å². The van der Waals surface area contributed by atoms with Gasteiger partial charge < -0.3 is 123 Å². The fourth-order valence-electron chi connectivity index (χ4n) is 8.68. The van der Waals surface area contributed by atoms with Gasteiger partial charge in [-0.3, -0.25) is 38.4 Å². The van der Waals surface area contributed by atoms with Gasteiger partial charge in [-0.2, -0.15) is 0 Å². The van der Waals surface area contributed by atoms with Crippen LogP contribution >= 0.6 is 0 Å². The number of amides is 8. The first kappa shape index (κ1) is 101. The van der Waals surface area contributed by atoms with Crippen LogP contribution in [0, 0.1) is 11.8 Å². The van der Waals surface area contributed by atoms with Crippen molar-refractivity contribution in [3.63, 3.8) is 0 Å². The maximum Gasteiger partial charge on any atom is 0.336 e. The van der Waals surface area contributed by atoms with Crippen molar-refractivity contribution < 1.29 is 128 Å². The lowest BCUT2D eigenvalue weighted by atomic mass is 10.0. The molecule has 0 rings (SSSR count). The van der Waals surface area contributed by atoms with Crippen molar-refractivity contribution in [2.24, 2.45) is 11.8 Å². The molecule has 0 saturated heterocycles. The lowest BCUT2D eigenvalue weighted by molar-refractivity contribution is -0.163. The number of carbonyl (C=O) groups is 10. The molecule has 0 aromatic rings. The fourth-order valence-corrected chi connectivity index (χ4v) is 8.68. The third-order valence-electron chi connectivity index (χ3n) is 14.8. The first-order valence-corrected chi connectivity index (χ1v) is 38.1. The molecule has 0 radical (unpaired) electrons. The number of hydrogen-bond acceptors (Lipinski definition) is 27. The predicted octanol–water partition coefficient (Wildman–Crippen LogP) is 0.799. The highest BCUT2D eigenvalue weighted by molar-refractivity contribution is 5.96. The first-order valence-electron chi connectivity index (χ1n) is 38.1. The van der Waals surface area contributed by atoms with E-state index in [1.54, 1.807) is 27.7 Å². The Labute approximate surface area is 634 Å². The van der Waals surface area contributed by atoms with Crippen LogP contribution in [0.5, 0.6) is 0 Å². The van der Waals surface area contributed by atoms with E-state index in [1.807, 2.05) is 0 Å². The van der Waals surface area contributed by atoms with Crippen molar-refractivity contribution >= 4 is 59.2 Å². The minimum absolute atomic E-state index is 0.000897. The maximum absolute atomic E-state index is 13.2. The molecule has 0 aromatic heterocycles. The molecular formula is C72H134N8O27. The maximum atomic E-state index is 13.2. The summed E-state index contributed by atoms with van der Waals surface area (Å²) >= 11 is 0. The van der Waals surface area contributed by atoms with Gasteiger partial charge in [0.15, 0.2) is 0 Å². The van der Waals surface area contributed by atoms with E-state index >= 15 is 0 Å². The zero-order valence-corrected chi connectivity index (χ0v) is 65.4. The topological polar surface area (TPSA) is 424 Å². The van der Waals surface area contributed by atoms with Crippen molar-refractivity contribution in [1.82, 2.24) is 42.5 Å². The molecule has 0 heterocycles. The number of esters is 2. The monoisotopic (exact) mass is 1540 g/mol. The Morgan fingerprint density at radius 3 is 0.673 bits per heavy atom. The van der Waals surface area contributed by atoms with E-state index in [0.29, 0.717) is 224 Å². The van der Waals surface area contributed by atoms with E-state index in [-0.39, 0.29) is 88.5 Å². The molecule has 0 fully saturated rings. The number of ether oxygens (including phenoxy) is 17. The third-order valence-corrected chi connectivity index (χ3v) is 14.8. The number of nitrogens with one attached hydrogen (secondary N) is 8. The van der Waals surface area contributed by atoms with E-state index in [4.69, 9.17) is 80.5 Å². The second-order valence-electron chi connectivity index (χ2n) is 24.9. The van der Waals surface area contributed by atoms with Gasteiger partial charge in [0, 0.05) is 64.7 Å². The Balaban J connectivity index is 4.01. The van der Waals surface area contributed by atoms with Crippen molar-refractivity contribution in [2.75, 3.05) is 238 Å². The molecule has 0 saturated carbocycles. The van der Waals surface area contributed by atoms with Gasteiger partial charge >= 0.3 is 11.9 Å². The summed E-state index contributed by atoms with van der Waals surface area (Å²) in [5, 5.41) is 21.3. The van der Waals surface area contributed by atoms with Crippen LogP contribution in [-0.4, -0.2) is 321 Å². The fraction of sp³-hybridized carbons (Fsp3) is 0.861. The number of rotatable bonds is 78. The molecular weight excluding hydrogens is 1410 g/mol. The summed E-state index contributed by atoms with van der Waals surface area (Å²) in [7, 11) is 0. The predicted molar refractivity (Wildman–Crippen MR) is 392 cm³/mol. The van der Waals surface area contributed by atoms with Crippen molar-refractivity contribution in [3.8, 4) is 0 Å².